The van der Waals surface area contributed by atoms with Crippen LogP contribution in [0.1, 0.15) is 21.1 Å². The first-order valence-corrected chi connectivity index (χ1v) is 9.11. The highest BCUT2D eigenvalue weighted by Crippen LogP contribution is 2.31. The number of thiazole rings is 1. The Labute approximate surface area is 175 Å². The topological polar surface area (TPSA) is 59.0 Å². The minimum absolute atomic E-state index is 0. The second-order valence-electron chi connectivity index (χ2n) is 5.98. The smallest absolute Gasteiger partial charge is 0.193 e. The van der Waals surface area contributed by atoms with Crippen molar-refractivity contribution in [1.82, 2.24) is 15.2 Å². The number of fused-ring (bicyclic) bond motifs is 1. The molecular weight excluding hydrogens is 463 g/mol. The fraction of sp³-hybridized carbons (Fsp3) is 0.444. The van der Waals surface area contributed by atoms with Gasteiger partial charge in [0.15, 0.2) is 17.5 Å². The molecule has 0 fully saturated rings. The highest BCUT2D eigenvalue weighted by molar-refractivity contribution is 14.0. The summed E-state index contributed by atoms with van der Waals surface area (Å²) in [6.07, 6.45) is 0. The number of nitrogens with zero attached hydrogens (tertiary/aromatic N) is 3. The van der Waals surface area contributed by atoms with Crippen molar-refractivity contribution in [3.8, 4) is 11.5 Å². The highest BCUT2D eigenvalue weighted by Gasteiger charge is 2.14. The van der Waals surface area contributed by atoms with Crippen LogP contribution in [0.3, 0.4) is 0 Å². The van der Waals surface area contributed by atoms with Crippen molar-refractivity contribution in [3.63, 3.8) is 0 Å². The molecule has 1 aromatic heterocycles. The SMILES string of the molecule is CN=C(NCc1sc(C)nc1C)N(C)Cc1ccc2c(c1)OCCO2.I. The van der Waals surface area contributed by atoms with Crippen molar-refractivity contribution in [2.75, 3.05) is 27.3 Å². The summed E-state index contributed by atoms with van der Waals surface area (Å²) in [4.78, 5) is 12.2. The standard InChI is InChI=1S/C18H24N4O2S.HI/c1-12-17(25-13(2)21-12)10-20-18(19-3)22(4)11-14-5-6-15-16(9-14)24-8-7-23-15;/h5-6,9H,7-8,10-11H2,1-4H3,(H,19,20);1H. The van der Waals surface area contributed by atoms with Gasteiger partial charge in [-0.1, -0.05) is 6.07 Å². The van der Waals surface area contributed by atoms with Gasteiger partial charge in [-0.15, -0.1) is 35.3 Å². The van der Waals surface area contributed by atoms with E-state index in [0.717, 1.165) is 46.8 Å². The summed E-state index contributed by atoms with van der Waals surface area (Å²) in [5, 5.41) is 4.50. The number of hydrogen-bond donors (Lipinski definition) is 1. The van der Waals surface area contributed by atoms with Crippen molar-refractivity contribution < 1.29 is 9.47 Å². The molecule has 1 aromatic carbocycles. The fourth-order valence-corrected chi connectivity index (χ4v) is 3.69. The lowest BCUT2D eigenvalue weighted by atomic mass is 10.2. The number of benzene rings is 1. The molecule has 1 N–H and O–H groups in total. The maximum Gasteiger partial charge on any atom is 0.193 e. The molecule has 3 rings (SSSR count). The first kappa shape index (κ1) is 20.8. The number of aromatic nitrogens is 1. The van der Waals surface area contributed by atoms with Crippen molar-refractivity contribution in [3.05, 3.63) is 39.3 Å². The summed E-state index contributed by atoms with van der Waals surface area (Å²) in [5.74, 6) is 2.48. The molecule has 0 amide bonds. The second-order valence-corrected chi connectivity index (χ2v) is 7.26. The number of guanidine groups is 1. The molecule has 1 aliphatic heterocycles. The third kappa shape index (κ3) is 5.00. The average Bonchev–Trinajstić information content (AvgIpc) is 2.93. The van der Waals surface area contributed by atoms with Gasteiger partial charge in [-0.05, 0) is 31.5 Å². The van der Waals surface area contributed by atoms with Crippen LogP contribution in [0.2, 0.25) is 0 Å². The molecule has 0 saturated heterocycles. The lowest BCUT2D eigenvalue weighted by Crippen LogP contribution is -2.38. The summed E-state index contributed by atoms with van der Waals surface area (Å²) < 4.78 is 11.2. The zero-order chi connectivity index (χ0) is 17.8. The second kappa shape index (κ2) is 9.40. The molecule has 0 aliphatic carbocycles. The molecule has 26 heavy (non-hydrogen) atoms. The van der Waals surface area contributed by atoms with Crippen LogP contribution in [0.25, 0.3) is 0 Å². The normalized spacial score (nSPS) is 13.2. The first-order valence-electron chi connectivity index (χ1n) is 8.30. The molecule has 8 heteroatoms. The van der Waals surface area contributed by atoms with Gasteiger partial charge in [0, 0.05) is 25.5 Å². The van der Waals surface area contributed by atoms with Gasteiger partial charge in [0.05, 0.1) is 17.2 Å². The summed E-state index contributed by atoms with van der Waals surface area (Å²) in [6, 6.07) is 6.07. The molecule has 0 spiro atoms. The Balaban J connectivity index is 0.00000243. The minimum Gasteiger partial charge on any atom is -0.486 e. The monoisotopic (exact) mass is 488 g/mol. The Morgan fingerprint density at radius 1 is 1.27 bits per heavy atom. The Kier molecular flexibility index (Phi) is 7.51. The Hall–Kier alpha value is -1.55. The van der Waals surface area contributed by atoms with Gasteiger partial charge in [0.25, 0.3) is 0 Å². The average molecular weight is 488 g/mol. The van der Waals surface area contributed by atoms with Gasteiger partial charge in [0.2, 0.25) is 0 Å². The third-order valence-electron chi connectivity index (χ3n) is 4.01. The van der Waals surface area contributed by atoms with E-state index in [-0.39, 0.29) is 24.0 Å². The first-order chi connectivity index (χ1) is 12.1. The molecule has 0 unspecified atom stereocenters. The van der Waals surface area contributed by atoms with E-state index in [9.17, 15) is 0 Å². The maximum absolute atomic E-state index is 5.66. The van der Waals surface area contributed by atoms with Crippen LogP contribution >= 0.6 is 35.3 Å². The van der Waals surface area contributed by atoms with Crippen LogP contribution in [0, 0.1) is 13.8 Å². The number of halogens is 1. The van der Waals surface area contributed by atoms with E-state index in [1.807, 2.05) is 33.0 Å². The quantitative estimate of drug-likeness (QED) is 0.407. The van der Waals surface area contributed by atoms with Gasteiger partial charge < -0.3 is 19.7 Å². The van der Waals surface area contributed by atoms with Crippen LogP contribution in [-0.4, -0.2) is 43.2 Å². The van der Waals surface area contributed by atoms with E-state index in [1.54, 1.807) is 18.4 Å². The summed E-state index contributed by atoms with van der Waals surface area (Å²) >= 11 is 1.72. The molecule has 142 valence electrons. The van der Waals surface area contributed by atoms with Crippen LogP contribution in [0.15, 0.2) is 23.2 Å². The highest BCUT2D eigenvalue weighted by atomic mass is 127. The van der Waals surface area contributed by atoms with E-state index < -0.39 is 0 Å². The number of nitrogens with one attached hydrogen (secondary N) is 1. The van der Waals surface area contributed by atoms with E-state index in [1.165, 1.54) is 4.88 Å². The number of aliphatic imine (C=N–C) groups is 1. The van der Waals surface area contributed by atoms with Crippen LogP contribution in [0.4, 0.5) is 0 Å². The predicted octanol–water partition coefficient (Wildman–Crippen LogP) is 3.36. The van der Waals surface area contributed by atoms with Gasteiger partial charge in [-0.2, -0.15) is 0 Å². The van der Waals surface area contributed by atoms with E-state index >= 15 is 0 Å². The zero-order valence-corrected chi connectivity index (χ0v) is 18.7. The van der Waals surface area contributed by atoms with Gasteiger partial charge >= 0.3 is 0 Å². The van der Waals surface area contributed by atoms with Gasteiger partial charge in [-0.3, -0.25) is 4.99 Å². The van der Waals surface area contributed by atoms with Crippen LogP contribution in [0.5, 0.6) is 11.5 Å². The lowest BCUT2D eigenvalue weighted by molar-refractivity contribution is 0.171. The molecule has 1 aliphatic rings. The van der Waals surface area contributed by atoms with E-state index in [4.69, 9.17) is 9.47 Å². The number of ether oxygens (including phenoxy) is 2. The molecular formula is C18H25IN4O2S. The van der Waals surface area contributed by atoms with Crippen molar-refractivity contribution >= 4 is 41.3 Å². The van der Waals surface area contributed by atoms with E-state index in [0.29, 0.717) is 13.2 Å². The Bertz CT molecular complexity index is 779. The Morgan fingerprint density at radius 3 is 2.65 bits per heavy atom. The number of hydrogen-bond acceptors (Lipinski definition) is 5. The number of aryl methyl sites for hydroxylation is 2. The molecule has 0 radical (unpaired) electrons. The van der Waals surface area contributed by atoms with Gasteiger partial charge in [0.1, 0.15) is 13.2 Å². The van der Waals surface area contributed by atoms with E-state index in [2.05, 4.69) is 26.3 Å². The fourth-order valence-electron chi connectivity index (χ4n) is 2.82. The minimum atomic E-state index is 0. The van der Waals surface area contributed by atoms with Gasteiger partial charge in [-0.25, -0.2) is 4.98 Å². The summed E-state index contributed by atoms with van der Waals surface area (Å²) in [5.41, 5.74) is 2.24. The molecule has 2 heterocycles. The van der Waals surface area contributed by atoms with Crippen molar-refractivity contribution in [1.29, 1.82) is 0 Å². The number of rotatable bonds is 4. The molecule has 0 atom stereocenters. The zero-order valence-electron chi connectivity index (χ0n) is 15.5. The molecule has 0 bridgehead atoms. The Morgan fingerprint density at radius 2 is 2.00 bits per heavy atom. The molecule has 0 saturated carbocycles. The molecule has 2 aromatic rings. The molecule has 6 nitrogen and oxygen atoms in total. The largest absolute Gasteiger partial charge is 0.486 e. The predicted molar refractivity (Wildman–Crippen MR) is 116 cm³/mol. The lowest BCUT2D eigenvalue weighted by Gasteiger charge is -2.23. The van der Waals surface area contributed by atoms with Crippen LogP contribution < -0.4 is 14.8 Å². The summed E-state index contributed by atoms with van der Waals surface area (Å²) in [7, 11) is 3.82. The van der Waals surface area contributed by atoms with Crippen molar-refractivity contribution in [2.45, 2.75) is 26.9 Å². The summed E-state index contributed by atoms with van der Waals surface area (Å²) in [6.45, 7) is 6.75. The van der Waals surface area contributed by atoms with Crippen LogP contribution in [-0.2, 0) is 13.1 Å². The van der Waals surface area contributed by atoms with Crippen molar-refractivity contribution in [2.24, 2.45) is 4.99 Å². The third-order valence-corrected chi connectivity index (χ3v) is 5.08. The maximum atomic E-state index is 5.66.